The van der Waals surface area contributed by atoms with Gasteiger partial charge in [0.1, 0.15) is 0 Å². The van der Waals surface area contributed by atoms with Crippen LogP contribution in [0.25, 0.3) is 27.8 Å². The number of nitrogens with one attached hydrogen (secondary N) is 2. The van der Waals surface area contributed by atoms with Crippen LogP contribution in [0.4, 0.5) is 11.6 Å². The zero-order valence-electron chi connectivity index (χ0n) is 17.2. The molecule has 4 aromatic heterocycles. The fourth-order valence-electron chi connectivity index (χ4n) is 4.29. The molecular formula is C22H23N9. The maximum absolute atomic E-state index is 4.72. The maximum atomic E-state index is 4.72. The fourth-order valence-corrected chi connectivity index (χ4v) is 4.29. The summed E-state index contributed by atoms with van der Waals surface area (Å²) in [6.07, 6.45) is 8.09. The second-order valence-electron chi connectivity index (χ2n) is 8.01. The molecule has 1 fully saturated rings. The van der Waals surface area contributed by atoms with Gasteiger partial charge in [-0.2, -0.15) is 15.2 Å². The molecule has 0 unspecified atom stereocenters. The van der Waals surface area contributed by atoms with E-state index in [4.69, 9.17) is 5.10 Å². The Labute approximate surface area is 178 Å². The summed E-state index contributed by atoms with van der Waals surface area (Å²) < 4.78 is 5.75. The minimum Gasteiger partial charge on any atom is -0.320 e. The lowest BCUT2D eigenvalue weighted by Crippen LogP contribution is -2.29. The highest BCUT2D eigenvalue weighted by molar-refractivity contribution is 5.83. The van der Waals surface area contributed by atoms with Gasteiger partial charge in [0, 0.05) is 30.4 Å². The van der Waals surface area contributed by atoms with E-state index in [9.17, 15) is 0 Å². The molecule has 0 radical (unpaired) electrons. The molecule has 31 heavy (non-hydrogen) atoms. The highest BCUT2D eigenvalue weighted by atomic mass is 15.4. The summed E-state index contributed by atoms with van der Waals surface area (Å²) in [6.45, 7) is 2.07. The van der Waals surface area contributed by atoms with E-state index in [0.29, 0.717) is 12.0 Å². The van der Waals surface area contributed by atoms with E-state index in [0.717, 1.165) is 59.4 Å². The Bertz CT molecular complexity index is 1370. The minimum absolute atomic E-state index is 0.444. The molecule has 0 atom stereocenters. The van der Waals surface area contributed by atoms with Crippen molar-refractivity contribution < 1.29 is 0 Å². The van der Waals surface area contributed by atoms with Gasteiger partial charge in [0.15, 0.2) is 5.65 Å². The largest absolute Gasteiger partial charge is 0.320 e. The number of anilines is 2. The maximum Gasteiger partial charge on any atom is 0.247 e. The van der Waals surface area contributed by atoms with Crippen molar-refractivity contribution in [3.63, 3.8) is 0 Å². The first-order valence-electron chi connectivity index (χ1n) is 10.5. The van der Waals surface area contributed by atoms with Crippen molar-refractivity contribution in [3.05, 3.63) is 55.0 Å². The van der Waals surface area contributed by atoms with E-state index in [2.05, 4.69) is 44.0 Å². The Morgan fingerprint density at radius 1 is 1.06 bits per heavy atom. The van der Waals surface area contributed by atoms with Gasteiger partial charge in [-0.05, 0) is 50.2 Å². The number of aromatic nitrogens is 7. The zero-order chi connectivity index (χ0) is 20.8. The highest BCUT2D eigenvalue weighted by Gasteiger charge is 2.16. The van der Waals surface area contributed by atoms with E-state index < -0.39 is 0 Å². The van der Waals surface area contributed by atoms with Gasteiger partial charge in [0.25, 0.3) is 0 Å². The second kappa shape index (κ2) is 7.21. The number of aryl methyl sites for hydroxylation is 1. The first-order valence-corrected chi connectivity index (χ1v) is 10.5. The average Bonchev–Trinajstić information content (AvgIpc) is 3.50. The van der Waals surface area contributed by atoms with Crippen molar-refractivity contribution in [1.29, 1.82) is 0 Å². The highest BCUT2D eigenvalue weighted by Crippen LogP contribution is 2.26. The predicted octanol–water partition coefficient (Wildman–Crippen LogP) is 3.15. The van der Waals surface area contributed by atoms with Crippen LogP contribution in [-0.4, -0.2) is 47.2 Å². The molecule has 1 saturated heterocycles. The molecule has 0 bridgehead atoms. The van der Waals surface area contributed by atoms with Crippen molar-refractivity contribution in [2.24, 2.45) is 7.05 Å². The summed E-state index contributed by atoms with van der Waals surface area (Å²) in [4.78, 5) is 4.66. The van der Waals surface area contributed by atoms with Gasteiger partial charge in [-0.25, -0.2) is 4.52 Å². The molecule has 0 amide bonds. The first kappa shape index (κ1) is 18.1. The van der Waals surface area contributed by atoms with Crippen LogP contribution in [0, 0.1) is 0 Å². The van der Waals surface area contributed by atoms with Crippen LogP contribution in [0.1, 0.15) is 18.9 Å². The average molecular weight is 413 g/mol. The molecule has 1 aliphatic heterocycles. The number of pyridine rings is 1. The SMILES string of the molecule is Cn1cc2cc(-c3cccc4nc(Nc5cnn(C6CCNCC6)c5)nn34)ccc2n1. The fraction of sp³-hybridized carbons (Fsp3) is 0.273. The Hall–Kier alpha value is -3.72. The van der Waals surface area contributed by atoms with Gasteiger partial charge in [0.05, 0.1) is 29.1 Å². The summed E-state index contributed by atoms with van der Waals surface area (Å²) in [5.74, 6) is 0.555. The van der Waals surface area contributed by atoms with Crippen molar-refractivity contribution in [1.82, 2.24) is 39.5 Å². The lowest BCUT2D eigenvalue weighted by molar-refractivity contribution is 0.343. The summed E-state index contributed by atoms with van der Waals surface area (Å²) in [5.41, 5.74) is 4.71. The van der Waals surface area contributed by atoms with E-state index in [1.54, 1.807) is 0 Å². The Morgan fingerprint density at radius 3 is 2.87 bits per heavy atom. The monoisotopic (exact) mass is 413 g/mol. The van der Waals surface area contributed by atoms with Gasteiger partial charge in [-0.3, -0.25) is 9.36 Å². The summed E-state index contributed by atoms with van der Waals surface area (Å²) in [6, 6.07) is 12.7. The van der Waals surface area contributed by atoms with Crippen molar-refractivity contribution >= 4 is 28.2 Å². The van der Waals surface area contributed by atoms with Crippen molar-refractivity contribution in [2.45, 2.75) is 18.9 Å². The molecule has 1 aromatic carbocycles. The van der Waals surface area contributed by atoms with Crippen LogP contribution in [0.15, 0.2) is 55.0 Å². The zero-order valence-corrected chi connectivity index (χ0v) is 17.2. The topological polar surface area (TPSA) is 89.9 Å². The van der Waals surface area contributed by atoms with Crippen LogP contribution >= 0.6 is 0 Å². The Kier molecular flexibility index (Phi) is 4.20. The summed E-state index contributed by atoms with van der Waals surface area (Å²) in [5, 5.41) is 21.5. The minimum atomic E-state index is 0.444. The third-order valence-electron chi connectivity index (χ3n) is 5.81. The van der Waals surface area contributed by atoms with Gasteiger partial charge >= 0.3 is 0 Å². The molecule has 5 aromatic rings. The lowest BCUT2D eigenvalue weighted by atomic mass is 10.1. The van der Waals surface area contributed by atoms with E-state index in [1.807, 2.05) is 57.7 Å². The number of hydrogen-bond acceptors (Lipinski definition) is 6. The quantitative estimate of drug-likeness (QED) is 0.470. The molecule has 9 nitrogen and oxygen atoms in total. The normalized spacial score (nSPS) is 15.1. The van der Waals surface area contributed by atoms with E-state index in [1.165, 1.54) is 0 Å². The Balaban J connectivity index is 1.31. The van der Waals surface area contributed by atoms with Gasteiger partial charge < -0.3 is 10.6 Å². The molecule has 0 saturated carbocycles. The second-order valence-corrected chi connectivity index (χ2v) is 8.01. The molecule has 5 heterocycles. The summed E-state index contributed by atoms with van der Waals surface area (Å²) >= 11 is 0. The predicted molar refractivity (Wildman–Crippen MR) is 119 cm³/mol. The molecule has 2 N–H and O–H groups in total. The van der Waals surface area contributed by atoms with Crippen LogP contribution in [-0.2, 0) is 7.05 Å². The first-order chi connectivity index (χ1) is 15.2. The molecule has 156 valence electrons. The number of nitrogens with zero attached hydrogens (tertiary/aromatic N) is 7. The number of rotatable bonds is 4. The number of hydrogen-bond donors (Lipinski definition) is 2. The van der Waals surface area contributed by atoms with Crippen LogP contribution in [0.2, 0.25) is 0 Å². The molecule has 6 rings (SSSR count). The van der Waals surface area contributed by atoms with Gasteiger partial charge in [-0.1, -0.05) is 12.1 Å². The van der Waals surface area contributed by atoms with Crippen molar-refractivity contribution in [2.75, 3.05) is 18.4 Å². The van der Waals surface area contributed by atoms with Gasteiger partial charge in [-0.15, -0.1) is 5.10 Å². The smallest absolute Gasteiger partial charge is 0.247 e. The van der Waals surface area contributed by atoms with Gasteiger partial charge in [0.2, 0.25) is 5.95 Å². The number of benzene rings is 1. The number of piperidine rings is 1. The third-order valence-corrected chi connectivity index (χ3v) is 5.81. The van der Waals surface area contributed by atoms with Crippen LogP contribution in [0.3, 0.4) is 0 Å². The number of fused-ring (bicyclic) bond motifs is 2. The van der Waals surface area contributed by atoms with Crippen LogP contribution < -0.4 is 10.6 Å². The summed E-state index contributed by atoms with van der Waals surface area (Å²) in [7, 11) is 1.93. The molecule has 9 heteroatoms. The third kappa shape index (κ3) is 3.32. The van der Waals surface area contributed by atoms with E-state index >= 15 is 0 Å². The molecular weight excluding hydrogens is 390 g/mol. The molecule has 0 spiro atoms. The lowest BCUT2D eigenvalue weighted by Gasteiger charge is -2.22. The molecule has 1 aliphatic rings. The molecule has 0 aliphatic carbocycles. The Morgan fingerprint density at radius 2 is 1.97 bits per heavy atom. The van der Waals surface area contributed by atoms with Crippen LogP contribution in [0.5, 0.6) is 0 Å². The standard InChI is InChI=1S/C22H23N9/c1-29-13-16-11-15(5-6-19(16)27-29)20-3-2-4-21-26-22(28-31(20)21)25-17-12-24-30(14-17)18-7-9-23-10-8-18/h2-6,11-14,18,23H,7-10H2,1H3,(H,25,28). The van der Waals surface area contributed by atoms with Crippen molar-refractivity contribution in [3.8, 4) is 11.3 Å². The van der Waals surface area contributed by atoms with E-state index in [-0.39, 0.29) is 0 Å².